The first kappa shape index (κ1) is 13.3. The summed E-state index contributed by atoms with van der Waals surface area (Å²) in [6.45, 7) is -0.309. The number of ether oxygens (including phenoxy) is 3. The molecule has 0 atom stereocenters. The molecule has 0 bridgehead atoms. The number of esters is 1. The van der Waals surface area contributed by atoms with E-state index in [9.17, 15) is 4.79 Å². The molecule has 1 aromatic rings. The van der Waals surface area contributed by atoms with Crippen molar-refractivity contribution in [3.8, 4) is 17.6 Å². The maximum Gasteiger partial charge on any atom is 0.343 e. The van der Waals surface area contributed by atoms with Gasteiger partial charge in [-0.2, -0.15) is 5.26 Å². The van der Waals surface area contributed by atoms with Crippen molar-refractivity contribution in [2.45, 2.75) is 0 Å². The second kappa shape index (κ2) is 6.11. The molecule has 0 aromatic heterocycles. The Morgan fingerprint density at radius 3 is 2.65 bits per heavy atom. The van der Waals surface area contributed by atoms with Crippen molar-refractivity contribution >= 4 is 21.9 Å². The molecule has 0 unspecified atom stereocenters. The molecule has 0 aliphatic rings. The molecule has 6 heteroatoms. The average molecular weight is 300 g/mol. The molecule has 0 heterocycles. The van der Waals surface area contributed by atoms with Crippen LogP contribution in [-0.2, 0) is 4.74 Å². The summed E-state index contributed by atoms with van der Waals surface area (Å²) in [6.07, 6.45) is 0. The first-order valence-electron chi connectivity index (χ1n) is 4.59. The van der Waals surface area contributed by atoms with E-state index >= 15 is 0 Å². The molecule has 1 rings (SSSR count). The number of methoxy groups -OCH3 is 2. The van der Waals surface area contributed by atoms with Crippen LogP contribution < -0.4 is 9.47 Å². The van der Waals surface area contributed by atoms with Crippen LogP contribution in [0.15, 0.2) is 16.6 Å². The van der Waals surface area contributed by atoms with E-state index in [0.717, 1.165) is 0 Å². The number of rotatable bonds is 4. The number of halogens is 1. The lowest BCUT2D eigenvalue weighted by molar-refractivity contribution is 0.0550. The minimum absolute atomic E-state index is 0.203. The van der Waals surface area contributed by atoms with Gasteiger partial charge in [0, 0.05) is 0 Å². The molecule has 0 radical (unpaired) electrons. The average Bonchev–Trinajstić information content (AvgIpc) is 2.34. The van der Waals surface area contributed by atoms with Gasteiger partial charge in [0.1, 0.15) is 23.1 Å². The minimum Gasteiger partial charge on any atom is -0.497 e. The van der Waals surface area contributed by atoms with Crippen molar-refractivity contribution < 1.29 is 19.0 Å². The van der Waals surface area contributed by atoms with Gasteiger partial charge in [0.15, 0.2) is 6.61 Å². The second-order valence-corrected chi connectivity index (χ2v) is 3.78. The molecule has 0 spiro atoms. The summed E-state index contributed by atoms with van der Waals surface area (Å²) in [5.41, 5.74) is 0.203. The van der Waals surface area contributed by atoms with Gasteiger partial charge in [-0.05, 0) is 28.1 Å². The highest BCUT2D eigenvalue weighted by Crippen LogP contribution is 2.33. The van der Waals surface area contributed by atoms with Gasteiger partial charge in [0.25, 0.3) is 0 Å². The lowest BCUT2D eigenvalue weighted by Crippen LogP contribution is -2.08. The molecular weight excluding hydrogens is 290 g/mol. The van der Waals surface area contributed by atoms with Gasteiger partial charge >= 0.3 is 5.97 Å². The van der Waals surface area contributed by atoms with E-state index in [4.69, 9.17) is 19.5 Å². The smallest absolute Gasteiger partial charge is 0.343 e. The molecule has 5 nitrogen and oxygen atoms in total. The molecule has 0 N–H and O–H groups in total. The predicted octanol–water partition coefficient (Wildman–Crippen LogP) is 2.15. The highest BCUT2D eigenvalue weighted by molar-refractivity contribution is 9.10. The van der Waals surface area contributed by atoms with Crippen molar-refractivity contribution in [3.63, 3.8) is 0 Å². The number of hydrogen-bond acceptors (Lipinski definition) is 5. The van der Waals surface area contributed by atoms with E-state index < -0.39 is 5.97 Å². The van der Waals surface area contributed by atoms with Crippen LogP contribution in [-0.4, -0.2) is 26.8 Å². The van der Waals surface area contributed by atoms with Crippen LogP contribution in [0.2, 0.25) is 0 Å². The number of nitriles is 1. The van der Waals surface area contributed by atoms with Crippen molar-refractivity contribution in [2.75, 3.05) is 20.8 Å². The van der Waals surface area contributed by atoms with Crippen LogP contribution in [0.5, 0.6) is 11.5 Å². The molecule has 0 aliphatic carbocycles. The summed E-state index contributed by atoms with van der Waals surface area (Å²) in [5.74, 6) is 0.193. The van der Waals surface area contributed by atoms with Crippen molar-refractivity contribution in [3.05, 3.63) is 22.2 Å². The SMILES string of the molecule is COc1cc(Br)c(OC)c(C(=O)OCC#N)c1. The van der Waals surface area contributed by atoms with Gasteiger partial charge < -0.3 is 14.2 Å². The molecule has 90 valence electrons. The summed E-state index contributed by atoms with van der Waals surface area (Å²) >= 11 is 3.26. The molecule has 0 aliphatic heterocycles. The summed E-state index contributed by atoms with van der Waals surface area (Å²) in [6, 6.07) is 4.88. The molecule has 1 aromatic carbocycles. The van der Waals surface area contributed by atoms with E-state index in [0.29, 0.717) is 16.0 Å². The Morgan fingerprint density at radius 2 is 2.12 bits per heavy atom. The van der Waals surface area contributed by atoms with Crippen molar-refractivity contribution in [1.82, 2.24) is 0 Å². The zero-order valence-corrected chi connectivity index (χ0v) is 10.9. The Balaban J connectivity index is 3.15. The van der Waals surface area contributed by atoms with Gasteiger partial charge in [0.05, 0.1) is 18.7 Å². The molecular formula is C11H10BrNO4. The Hall–Kier alpha value is -1.74. The van der Waals surface area contributed by atoms with Crippen LogP contribution in [0.1, 0.15) is 10.4 Å². The molecule has 0 amide bonds. The number of nitrogens with zero attached hydrogens (tertiary/aromatic N) is 1. The zero-order chi connectivity index (χ0) is 12.8. The highest BCUT2D eigenvalue weighted by Gasteiger charge is 2.18. The minimum atomic E-state index is -0.636. The fourth-order valence-electron chi connectivity index (χ4n) is 1.22. The lowest BCUT2D eigenvalue weighted by atomic mass is 10.2. The largest absolute Gasteiger partial charge is 0.497 e. The van der Waals surface area contributed by atoms with E-state index in [1.54, 1.807) is 12.1 Å². The third-order valence-electron chi connectivity index (χ3n) is 1.94. The van der Waals surface area contributed by atoms with Gasteiger partial charge in [-0.3, -0.25) is 0 Å². The van der Waals surface area contributed by atoms with Crippen LogP contribution in [0, 0.1) is 11.3 Å². The maximum absolute atomic E-state index is 11.7. The van der Waals surface area contributed by atoms with Crippen LogP contribution >= 0.6 is 15.9 Å². The highest BCUT2D eigenvalue weighted by atomic mass is 79.9. The van der Waals surface area contributed by atoms with Crippen LogP contribution in [0.25, 0.3) is 0 Å². The number of carbonyl (C=O) groups excluding carboxylic acids is 1. The number of carbonyl (C=O) groups is 1. The normalized spacial score (nSPS) is 9.29. The monoisotopic (exact) mass is 299 g/mol. The fourth-order valence-corrected chi connectivity index (χ4v) is 1.82. The molecule has 0 saturated carbocycles. The summed E-state index contributed by atoms with van der Waals surface area (Å²) in [5, 5.41) is 8.35. The summed E-state index contributed by atoms with van der Waals surface area (Å²) in [7, 11) is 2.92. The lowest BCUT2D eigenvalue weighted by Gasteiger charge is -2.11. The Morgan fingerprint density at radius 1 is 1.41 bits per heavy atom. The molecule has 0 saturated heterocycles. The summed E-state index contributed by atoms with van der Waals surface area (Å²) in [4.78, 5) is 11.7. The van der Waals surface area contributed by atoms with E-state index in [1.165, 1.54) is 20.3 Å². The zero-order valence-electron chi connectivity index (χ0n) is 9.32. The van der Waals surface area contributed by atoms with Gasteiger partial charge in [0.2, 0.25) is 0 Å². The summed E-state index contributed by atoms with van der Waals surface area (Å²) < 4.78 is 15.4. The maximum atomic E-state index is 11.7. The number of hydrogen-bond donors (Lipinski definition) is 0. The Kier molecular flexibility index (Phi) is 4.79. The number of benzene rings is 1. The topological polar surface area (TPSA) is 68.6 Å². The third kappa shape index (κ3) is 3.11. The van der Waals surface area contributed by atoms with Gasteiger partial charge in [-0.1, -0.05) is 0 Å². The third-order valence-corrected chi connectivity index (χ3v) is 2.53. The fraction of sp³-hybridized carbons (Fsp3) is 0.273. The first-order chi connectivity index (χ1) is 8.13. The quantitative estimate of drug-likeness (QED) is 0.797. The van der Waals surface area contributed by atoms with Crippen LogP contribution in [0.3, 0.4) is 0 Å². The standard InChI is InChI=1S/C11H10BrNO4/c1-15-7-5-8(11(14)17-4-3-13)10(16-2)9(12)6-7/h5-6H,4H2,1-2H3. The van der Waals surface area contributed by atoms with Crippen molar-refractivity contribution in [2.24, 2.45) is 0 Å². The van der Waals surface area contributed by atoms with E-state index in [-0.39, 0.29) is 12.2 Å². The Labute approximate surface area is 107 Å². The molecule has 0 fully saturated rings. The second-order valence-electron chi connectivity index (χ2n) is 2.92. The first-order valence-corrected chi connectivity index (χ1v) is 5.39. The molecule has 17 heavy (non-hydrogen) atoms. The van der Waals surface area contributed by atoms with Crippen molar-refractivity contribution in [1.29, 1.82) is 5.26 Å². The predicted molar refractivity (Wildman–Crippen MR) is 63.1 cm³/mol. The van der Waals surface area contributed by atoms with E-state index in [2.05, 4.69) is 15.9 Å². The van der Waals surface area contributed by atoms with E-state index in [1.807, 2.05) is 0 Å². The Bertz CT molecular complexity index is 467. The van der Waals surface area contributed by atoms with Gasteiger partial charge in [-0.15, -0.1) is 0 Å². The van der Waals surface area contributed by atoms with Gasteiger partial charge in [-0.25, -0.2) is 4.79 Å². The van der Waals surface area contributed by atoms with Crippen LogP contribution in [0.4, 0.5) is 0 Å².